The summed E-state index contributed by atoms with van der Waals surface area (Å²) in [4.78, 5) is 24.5. The minimum atomic E-state index is -1.15. The van der Waals surface area contributed by atoms with Gasteiger partial charge in [0, 0.05) is 12.0 Å². The first-order chi connectivity index (χ1) is 13.0. The first-order valence-electron chi connectivity index (χ1n) is 7.96. The first kappa shape index (κ1) is 18.3. The summed E-state index contributed by atoms with van der Waals surface area (Å²) in [5, 5.41) is 10.7. The standard InChI is InChI=1S/C18H14F2N4O3/c19-14-7-6-13(9-15(14)20)17(25)10-27-18(26)16(24-11-21-22-23-24)8-12-4-2-1-3-5-12/h1-7,9,11,16H,8,10H2/t16-/m0/s1. The van der Waals surface area contributed by atoms with Crippen LogP contribution < -0.4 is 0 Å². The molecule has 0 amide bonds. The van der Waals surface area contributed by atoms with Gasteiger partial charge in [-0.15, -0.1) is 5.10 Å². The molecule has 2 aromatic carbocycles. The number of aromatic nitrogens is 4. The summed E-state index contributed by atoms with van der Waals surface area (Å²) in [6.45, 7) is -0.614. The molecule has 0 aliphatic rings. The van der Waals surface area contributed by atoms with Crippen LogP contribution in [0.15, 0.2) is 54.9 Å². The Bertz CT molecular complexity index is 933. The van der Waals surface area contributed by atoms with Gasteiger partial charge >= 0.3 is 5.97 Å². The largest absolute Gasteiger partial charge is 0.456 e. The minimum absolute atomic E-state index is 0.0938. The average Bonchev–Trinajstić information content (AvgIpc) is 3.21. The lowest BCUT2D eigenvalue weighted by Crippen LogP contribution is -2.26. The Morgan fingerprint density at radius 3 is 2.52 bits per heavy atom. The monoisotopic (exact) mass is 372 g/mol. The number of rotatable bonds is 7. The number of Topliss-reactive ketones (excluding diaryl/α,β-unsaturated/α-hetero) is 1. The number of tetrazole rings is 1. The van der Waals surface area contributed by atoms with Crippen LogP contribution in [-0.4, -0.2) is 38.6 Å². The molecule has 1 aromatic heterocycles. The highest BCUT2D eigenvalue weighted by atomic mass is 19.2. The van der Waals surface area contributed by atoms with Gasteiger partial charge in [0.1, 0.15) is 6.33 Å². The molecule has 1 heterocycles. The van der Waals surface area contributed by atoms with Gasteiger partial charge in [0.15, 0.2) is 30.1 Å². The second-order valence-corrected chi connectivity index (χ2v) is 5.66. The van der Waals surface area contributed by atoms with Crippen molar-refractivity contribution in [2.24, 2.45) is 0 Å². The number of carbonyl (C=O) groups is 2. The molecule has 0 aliphatic carbocycles. The van der Waals surface area contributed by atoms with Gasteiger partial charge in [-0.2, -0.15) is 0 Å². The smallest absolute Gasteiger partial charge is 0.331 e. The fraction of sp³-hybridized carbons (Fsp3) is 0.167. The molecule has 3 aromatic rings. The molecule has 0 bridgehead atoms. The van der Waals surface area contributed by atoms with Crippen LogP contribution in [0.1, 0.15) is 22.0 Å². The number of nitrogens with zero attached hydrogens (tertiary/aromatic N) is 4. The van der Waals surface area contributed by atoms with E-state index in [1.807, 2.05) is 30.3 Å². The number of hydrogen-bond acceptors (Lipinski definition) is 6. The van der Waals surface area contributed by atoms with Crippen LogP contribution in [0.2, 0.25) is 0 Å². The van der Waals surface area contributed by atoms with E-state index < -0.39 is 36.0 Å². The Balaban J connectivity index is 1.69. The lowest BCUT2D eigenvalue weighted by Gasteiger charge is -2.15. The van der Waals surface area contributed by atoms with Crippen molar-refractivity contribution in [1.29, 1.82) is 0 Å². The molecule has 0 aliphatic heterocycles. The number of hydrogen-bond donors (Lipinski definition) is 0. The van der Waals surface area contributed by atoms with E-state index in [2.05, 4.69) is 15.5 Å². The number of esters is 1. The van der Waals surface area contributed by atoms with E-state index in [1.54, 1.807) is 0 Å². The highest BCUT2D eigenvalue weighted by Gasteiger charge is 2.25. The van der Waals surface area contributed by atoms with Crippen molar-refractivity contribution in [3.05, 3.63) is 77.6 Å². The molecule has 27 heavy (non-hydrogen) atoms. The number of ether oxygens (including phenoxy) is 1. The molecule has 0 radical (unpaired) electrons. The third kappa shape index (κ3) is 4.57. The average molecular weight is 372 g/mol. The van der Waals surface area contributed by atoms with Crippen molar-refractivity contribution in [2.45, 2.75) is 12.5 Å². The van der Waals surface area contributed by atoms with Crippen molar-refractivity contribution < 1.29 is 23.1 Å². The maximum absolute atomic E-state index is 13.2. The van der Waals surface area contributed by atoms with Gasteiger partial charge in [0.05, 0.1) is 0 Å². The van der Waals surface area contributed by atoms with E-state index in [1.165, 1.54) is 11.0 Å². The molecular formula is C18H14F2N4O3. The Kier molecular flexibility index (Phi) is 5.60. The van der Waals surface area contributed by atoms with Crippen molar-refractivity contribution in [1.82, 2.24) is 20.2 Å². The number of ketones is 1. The van der Waals surface area contributed by atoms with Crippen LogP contribution in [0.4, 0.5) is 8.78 Å². The fourth-order valence-electron chi connectivity index (χ4n) is 2.42. The van der Waals surface area contributed by atoms with Crippen LogP contribution in [0.3, 0.4) is 0 Å². The predicted molar refractivity (Wildman–Crippen MR) is 88.6 cm³/mol. The van der Waals surface area contributed by atoms with Crippen LogP contribution in [0, 0.1) is 11.6 Å². The minimum Gasteiger partial charge on any atom is -0.456 e. The zero-order chi connectivity index (χ0) is 19.2. The van der Waals surface area contributed by atoms with Crippen molar-refractivity contribution >= 4 is 11.8 Å². The maximum Gasteiger partial charge on any atom is 0.331 e. The third-order valence-electron chi connectivity index (χ3n) is 3.82. The lowest BCUT2D eigenvalue weighted by atomic mass is 10.1. The maximum atomic E-state index is 13.2. The molecule has 7 nitrogen and oxygen atoms in total. The van der Waals surface area contributed by atoms with Crippen LogP contribution in [0.5, 0.6) is 0 Å². The van der Waals surface area contributed by atoms with E-state index in [4.69, 9.17) is 4.74 Å². The fourth-order valence-corrected chi connectivity index (χ4v) is 2.42. The number of benzene rings is 2. The molecule has 0 saturated carbocycles. The molecule has 0 unspecified atom stereocenters. The third-order valence-corrected chi connectivity index (χ3v) is 3.82. The van der Waals surface area contributed by atoms with E-state index in [0.29, 0.717) is 0 Å². The van der Waals surface area contributed by atoms with Crippen LogP contribution in [-0.2, 0) is 16.0 Å². The molecule has 9 heteroatoms. The summed E-state index contributed by atoms with van der Waals surface area (Å²) < 4.78 is 32.5. The van der Waals surface area contributed by atoms with E-state index in [0.717, 1.165) is 23.8 Å². The predicted octanol–water partition coefficient (Wildman–Crippen LogP) is 2.16. The second kappa shape index (κ2) is 8.26. The highest BCUT2D eigenvalue weighted by molar-refractivity contribution is 5.98. The van der Waals surface area contributed by atoms with Gasteiger partial charge in [-0.3, -0.25) is 4.79 Å². The quantitative estimate of drug-likeness (QED) is 0.467. The number of carbonyl (C=O) groups excluding carboxylic acids is 2. The normalized spacial score (nSPS) is 11.8. The Labute approximate surface area is 152 Å². The summed E-state index contributed by atoms with van der Waals surface area (Å²) in [7, 11) is 0. The van der Waals surface area contributed by atoms with Gasteiger partial charge in [-0.05, 0) is 34.2 Å². The summed E-state index contributed by atoms with van der Waals surface area (Å²) in [5.74, 6) is -3.59. The molecule has 0 N–H and O–H groups in total. The second-order valence-electron chi connectivity index (χ2n) is 5.66. The summed E-state index contributed by atoms with van der Waals surface area (Å²) in [5.41, 5.74) is 0.755. The molecule has 0 spiro atoms. The highest BCUT2D eigenvalue weighted by Crippen LogP contribution is 2.15. The van der Waals surface area contributed by atoms with E-state index in [-0.39, 0.29) is 12.0 Å². The Hall–Kier alpha value is -3.49. The van der Waals surface area contributed by atoms with E-state index >= 15 is 0 Å². The Morgan fingerprint density at radius 1 is 1.07 bits per heavy atom. The molecule has 3 rings (SSSR count). The summed E-state index contributed by atoms with van der Waals surface area (Å²) in [6, 6.07) is 11.0. The van der Waals surface area contributed by atoms with Gasteiger partial charge in [-0.25, -0.2) is 18.3 Å². The Morgan fingerprint density at radius 2 is 1.85 bits per heavy atom. The van der Waals surface area contributed by atoms with Crippen LogP contribution in [0.25, 0.3) is 0 Å². The number of halogens is 2. The zero-order valence-electron chi connectivity index (χ0n) is 14.0. The topological polar surface area (TPSA) is 87.0 Å². The first-order valence-corrected chi connectivity index (χ1v) is 7.96. The van der Waals surface area contributed by atoms with Gasteiger partial charge in [0.25, 0.3) is 0 Å². The van der Waals surface area contributed by atoms with Crippen molar-refractivity contribution in [3.8, 4) is 0 Å². The summed E-state index contributed by atoms with van der Waals surface area (Å²) in [6.07, 6.45) is 1.52. The molecule has 0 saturated heterocycles. The molecule has 1 atom stereocenters. The van der Waals surface area contributed by atoms with Crippen molar-refractivity contribution in [3.63, 3.8) is 0 Å². The zero-order valence-corrected chi connectivity index (χ0v) is 14.0. The van der Waals surface area contributed by atoms with Gasteiger partial charge < -0.3 is 4.74 Å². The van der Waals surface area contributed by atoms with E-state index in [9.17, 15) is 18.4 Å². The molecular weight excluding hydrogens is 358 g/mol. The van der Waals surface area contributed by atoms with Crippen LogP contribution >= 0.6 is 0 Å². The van der Waals surface area contributed by atoms with Gasteiger partial charge in [-0.1, -0.05) is 30.3 Å². The summed E-state index contributed by atoms with van der Waals surface area (Å²) >= 11 is 0. The molecule has 0 fully saturated rings. The SMILES string of the molecule is O=C(COC(=O)[C@H](Cc1ccccc1)n1cnnn1)c1ccc(F)c(F)c1. The molecule has 138 valence electrons. The van der Waals surface area contributed by atoms with Crippen molar-refractivity contribution in [2.75, 3.05) is 6.61 Å². The lowest BCUT2D eigenvalue weighted by molar-refractivity contribution is -0.146. The van der Waals surface area contributed by atoms with Gasteiger partial charge in [0.2, 0.25) is 0 Å².